The lowest BCUT2D eigenvalue weighted by atomic mass is 10.1. The summed E-state index contributed by atoms with van der Waals surface area (Å²) in [5.74, 6) is 0.194. The molecule has 0 radical (unpaired) electrons. The van der Waals surface area contributed by atoms with Crippen molar-refractivity contribution in [3.63, 3.8) is 0 Å². The van der Waals surface area contributed by atoms with Crippen molar-refractivity contribution in [3.8, 4) is 0 Å². The van der Waals surface area contributed by atoms with Gasteiger partial charge in [-0.15, -0.1) is 6.58 Å². The summed E-state index contributed by atoms with van der Waals surface area (Å²) in [7, 11) is 1.59. The van der Waals surface area contributed by atoms with Gasteiger partial charge in [0.15, 0.2) is 0 Å². The fraction of sp³-hybridized carbons (Fsp3) is 0.625. The Hall–Kier alpha value is -0.630. The first-order valence-electron chi connectivity index (χ1n) is 3.35. The first-order valence-corrected chi connectivity index (χ1v) is 3.35. The average molecular weight is 142 g/mol. The van der Waals surface area contributed by atoms with Crippen LogP contribution in [0, 0.1) is 5.92 Å². The Labute approximate surface area is 61.9 Å². The summed E-state index contributed by atoms with van der Waals surface area (Å²) in [4.78, 5) is 11.0. The number of hydrogen-bond acceptors (Lipinski definition) is 2. The molecule has 10 heavy (non-hydrogen) atoms. The molecule has 0 aliphatic carbocycles. The summed E-state index contributed by atoms with van der Waals surface area (Å²) < 4.78 is 4.82. The Bertz CT molecular complexity index is 118. The van der Waals surface area contributed by atoms with Crippen molar-refractivity contribution in [2.75, 3.05) is 13.7 Å². The molecule has 0 aromatic rings. The van der Waals surface area contributed by atoms with Crippen LogP contribution < -0.4 is 0 Å². The minimum absolute atomic E-state index is 0.00278. The molecular weight excluding hydrogens is 128 g/mol. The summed E-state index contributed by atoms with van der Waals surface area (Å²) in [6, 6.07) is 0. The van der Waals surface area contributed by atoms with Crippen molar-refractivity contribution >= 4 is 5.78 Å². The fourth-order valence-electron chi connectivity index (χ4n) is 0.686. The van der Waals surface area contributed by atoms with Gasteiger partial charge in [0.05, 0.1) is 6.61 Å². The second-order valence-electron chi connectivity index (χ2n) is 2.32. The zero-order valence-electron chi connectivity index (χ0n) is 6.59. The number of carbonyl (C=O) groups is 1. The van der Waals surface area contributed by atoms with Gasteiger partial charge in [0, 0.05) is 19.4 Å². The quantitative estimate of drug-likeness (QED) is 0.542. The highest BCUT2D eigenvalue weighted by Gasteiger charge is 2.09. The highest BCUT2D eigenvalue weighted by Crippen LogP contribution is 2.00. The highest BCUT2D eigenvalue weighted by atomic mass is 16.5. The molecule has 0 heterocycles. The van der Waals surface area contributed by atoms with Crippen molar-refractivity contribution in [3.05, 3.63) is 12.7 Å². The van der Waals surface area contributed by atoms with Crippen molar-refractivity contribution < 1.29 is 9.53 Å². The summed E-state index contributed by atoms with van der Waals surface area (Å²) in [6.07, 6.45) is 2.07. The van der Waals surface area contributed by atoms with Gasteiger partial charge in [-0.1, -0.05) is 13.0 Å². The number of methoxy groups -OCH3 is 1. The van der Waals surface area contributed by atoms with Crippen LogP contribution in [0.4, 0.5) is 0 Å². The van der Waals surface area contributed by atoms with E-state index in [1.807, 2.05) is 6.92 Å². The topological polar surface area (TPSA) is 26.3 Å². The lowest BCUT2D eigenvalue weighted by molar-refractivity contribution is -0.122. The van der Waals surface area contributed by atoms with Gasteiger partial charge < -0.3 is 4.74 Å². The van der Waals surface area contributed by atoms with E-state index >= 15 is 0 Å². The van der Waals surface area contributed by atoms with Gasteiger partial charge in [0.2, 0.25) is 0 Å². The van der Waals surface area contributed by atoms with Crippen LogP contribution in [0.2, 0.25) is 0 Å². The first-order chi connectivity index (χ1) is 4.72. The second kappa shape index (κ2) is 5.18. The molecule has 58 valence electrons. The number of Topliss-reactive ketones (excluding diaryl/α,β-unsaturated/α-hetero) is 1. The highest BCUT2D eigenvalue weighted by molar-refractivity contribution is 5.81. The van der Waals surface area contributed by atoms with Crippen LogP contribution >= 0.6 is 0 Å². The van der Waals surface area contributed by atoms with Gasteiger partial charge in [0.25, 0.3) is 0 Å². The van der Waals surface area contributed by atoms with Crippen LogP contribution in [-0.4, -0.2) is 19.5 Å². The number of hydrogen-bond donors (Lipinski definition) is 0. The van der Waals surface area contributed by atoms with Crippen LogP contribution in [-0.2, 0) is 9.53 Å². The van der Waals surface area contributed by atoms with Crippen LogP contribution in [0.1, 0.15) is 13.3 Å². The number of ketones is 1. The molecule has 0 aromatic carbocycles. The van der Waals surface area contributed by atoms with Crippen molar-refractivity contribution in [1.29, 1.82) is 0 Å². The minimum atomic E-state index is 0.00278. The van der Waals surface area contributed by atoms with Gasteiger partial charge in [0.1, 0.15) is 5.78 Å². The third kappa shape index (κ3) is 3.41. The Morgan fingerprint density at radius 3 is 2.80 bits per heavy atom. The maximum Gasteiger partial charge on any atom is 0.141 e. The third-order valence-corrected chi connectivity index (χ3v) is 1.31. The van der Waals surface area contributed by atoms with Crippen molar-refractivity contribution in [1.82, 2.24) is 0 Å². The second-order valence-corrected chi connectivity index (χ2v) is 2.32. The molecule has 0 bridgehead atoms. The third-order valence-electron chi connectivity index (χ3n) is 1.31. The summed E-state index contributed by atoms with van der Waals surface area (Å²) in [6.45, 7) is 5.84. The van der Waals surface area contributed by atoms with E-state index in [0.29, 0.717) is 13.0 Å². The zero-order chi connectivity index (χ0) is 7.98. The SMILES string of the molecule is C=CCC(=O)C(C)COC. The molecule has 1 atom stereocenters. The Morgan fingerprint density at radius 2 is 2.40 bits per heavy atom. The van der Waals surface area contributed by atoms with Gasteiger partial charge in [-0.3, -0.25) is 4.79 Å². The van der Waals surface area contributed by atoms with Crippen LogP contribution in [0.25, 0.3) is 0 Å². The molecule has 0 rings (SSSR count). The smallest absolute Gasteiger partial charge is 0.141 e. The van der Waals surface area contributed by atoms with Gasteiger partial charge >= 0.3 is 0 Å². The molecule has 0 saturated carbocycles. The van der Waals surface area contributed by atoms with Gasteiger partial charge in [-0.25, -0.2) is 0 Å². The summed E-state index contributed by atoms with van der Waals surface area (Å²) in [5, 5.41) is 0. The normalized spacial score (nSPS) is 12.6. The van der Waals surface area contributed by atoms with E-state index in [0.717, 1.165) is 0 Å². The molecule has 0 fully saturated rings. The molecule has 2 nitrogen and oxygen atoms in total. The van der Waals surface area contributed by atoms with Gasteiger partial charge in [-0.05, 0) is 0 Å². The monoisotopic (exact) mass is 142 g/mol. The van der Waals surface area contributed by atoms with Crippen LogP contribution in [0.5, 0.6) is 0 Å². The van der Waals surface area contributed by atoms with E-state index in [1.54, 1.807) is 13.2 Å². The van der Waals surface area contributed by atoms with E-state index < -0.39 is 0 Å². The fourth-order valence-corrected chi connectivity index (χ4v) is 0.686. The first kappa shape index (κ1) is 9.37. The zero-order valence-corrected chi connectivity index (χ0v) is 6.59. The molecule has 2 heteroatoms. The average Bonchev–Trinajstić information content (AvgIpc) is 1.89. The summed E-state index contributed by atoms with van der Waals surface area (Å²) >= 11 is 0. The Balaban J connectivity index is 3.58. The molecule has 0 aliphatic rings. The number of allylic oxidation sites excluding steroid dienone is 1. The van der Waals surface area contributed by atoms with Crippen LogP contribution in [0.15, 0.2) is 12.7 Å². The number of ether oxygens (including phenoxy) is 1. The predicted molar refractivity (Wildman–Crippen MR) is 40.9 cm³/mol. The van der Waals surface area contributed by atoms with Crippen molar-refractivity contribution in [2.45, 2.75) is 13.3 Å². The van der Waals surface area contributed by atoms with Crippen molar-refractivity contribution in [2.24, 2.45) is 5.92 Å². The number of rotatable bonds is 5. The minimum Gasteiger partial charge on any atom is -0.384 e. The molecule has 0 amide bonds. The maximum atomic E-state index is 11.0. The molecule has 0 N–H and O–H groups in total. The van der Waals surface area contributed by atoms with Gasteiger partial charge in [-0.2, -0.15) is 0 Å². The van der Waals surface area contributed by atoms with E-state index in [9.17, 15) is 4.79 Å². The molecule has 0 spiro atoms. The van der Waals surface area contributed by atoms with E-state index in [1.165, 1.54) is 0 Å². The molecule has 0 aliphatic heterocycles. The Kier molecular flexibility index (Phi) is 4.85. The number of carbonyl (C=O) groups excluding carboxylic acids is 1. The largest absolute Gasteiger partial charge is 0.384 e. The van der Waals surface area contributed by atoms with E-state index in [4.69, 9.17) is 4.74 Å². The molecular formula is C8H14O2. The lowest BCUT2D eigenvalue weighted by Crippen LogP contribution is -2.14. The Morgan fingerprint density at radius 1 is 1.80 bits per heavy atom. The van der Waals surface area contributed by atoms with E-state index in [-0.39, 0.29) is 11.7 Å². The standard InChI is InChI=1S/C8H14O2/c1-4-5-8(9)7(2)6-10-3/h4,7H,1,5-6H2,2-3H3. The predicted octanol–water partition coefficient (Wildman–Crippen LogP) is 1.41. The lowest BCUT2D eigenvalue weighted by Gasteiger charge is -2.05. The molecule has 1 unspecified atom stereocenters. The summed E-state index contributed by atoms with van der Waals surface area (Å²) in [5.41, 5.74) is 0. The van der Waals surface area contributed by atoms with Crippen LogP contribution in [0.3, 0.4) is 0 Å². The molecule has 0 saturated heterocycles. The molecule has 0 aromatic heterocycles. The maximum absolute atomic E-state index is 11.0. The van der Waals surface area contributed by atoms with E-state index in [2.05, 4.69) is 6.58 Å².